The van der Waals surface area contributed by atoms with Crippen molar-refractivity contribution in [3.8, 4) is 34.1 Å². The van der Waals surface area contributed by atoms with Gasteiger partial charge in [-0.05, 0) is 57.9 Å². The number of aldehydes is 2. The van der Waals surface area contributed by atoms with Crippen LogP contribution in [0.5, 0.6) is 23.0 Å². The number of carbonyl (C=O) groups excluding carboxylic acids is 2. The third kappa shape index (κ3) is 6.10. The van der Waals surface area contributed by atoms with E-state index < -0.39 is 0 Å². The van der Waals surface area contributed by atoms with Gasteiger partial charge < -0.3 is 18.9 Å². The van der Waals surface area contributed by atoms with Gasteiger partial charge in [-0.2, -0.15) is 0 Å². The van der Waals surface area contributed by atoms with Crippen molar-refractivity contribution < 1.29 is 28.5 Å². The quantitative estimate of drug-likeness (QED) is 0.101. The maximum Gasteiger partial charge on any atom is 0.153 e. The van der Waals surface area contributed by atoms with Gasteiger partial charge in [0.2, 0.25) is 0 Å². The zero-order valence-corrected chi connectivity index (χ0v) is 24.0. The van der Waals surface area contributed by atoms with Crippen LogP contribution < -0.4 is 18.9 Å². The van der Waals surface area contributed by atoms with Gasteiger partial charge in [0, 0.05) is 11.1 Å². The number of rotatable bonds is 13. The van der Waals surface area contributed by atoms with Crippen molar-refractivity contribution in [1.82, 2.24) is 0 Å². The van der Waals surface area contributed by atoms with E-state index in [0.717, 1.165) is 45.2 Å². The van der Waals surface area contributed by atoms with Crippen LogP contribution in [0.1, 0.15) is 20.7 Å². The van der Waals surface area contributed by atoms with Crippen LogP contribution in [0, 0.1) is 0 Å². The minimum Gasteiger partial charge on any atom is -0.489 e. The first-order chi connectivity index (χ1) is 21.8. The summed E-state index contributed by atoms with van der Waals surface area (Å²) in [6, 6.07) is 38.6. The van der Waals surface area contributed by atoms with Crippen molar-refractivity contribution in [3.05, 3.63) is 132 Å². The molecule has 0 aromatic heterocycles. The Morgan fingerprint density at radius 1 is 0.386 bits per heavy atom. The number of hydrogen-bond acceptors (Lipinski definition) is 6. The molecule has 0 radical (unpaired) electrons. The summed E-state index contributed by atoms with van der Waals surface area (Å²) in [5.74, 6) is 2.42. The zero-order chi connectivity index (χ0) is 30.1. The first-order valence-electron chi connectivity index (χ1n) is 14.4. The van der Waals surface area contributed by atoms with E-state index in [2.05, 4.69) is 24.3 Å². The van der Waals surface area contributed by atoms with Crippen molar-refractivity contribution in [2.45, 2.75) is 0 Å². The average Bonchev–Trinajstić information content (AvgIpc) is 3.08. The Morgan fingerprint density at radius 3 is 1.18 bits per heavy atom. The summed E-state index contributed by atoms with van der Waals surface area (Å²) in [5, 5.41) is 4.18. The number of ether oxygens (including phenoxy) is 4. The van der Waals surface area contributed by atoms with E-state index in [-0.39, 0.29) is 26.4 Å². The predicted molar refractivity (Wildman–Crippen MR) is 173 cm³/mol. The van der Waals surface area contributed by atoms with Crippen LogP contribution in [0.3, 0.4) is 0 Å². The molecular formula is C38H30O6. The average molecular weight is 583 g/mol. The fraction of sp³-hybridized carbons (Fsp3) is 0.105. The monoisotopic (exact) mass is 582 g/mol. The maximum atomic E-state index is 11.4. The molecule has 0 amide bonds. The van der Waals surface area contributed by atoms with Gasteiger partial charge in [-0.3, -0.25) is 9.59 Å². The lowest BCUT2D eigenvalue weighted by molar-refractivity contribution is 0.111. The lowest BCUT2D eigenvalue weighted by Crippen LogP contribution is -2.11. The molecule has 44 heavy (non-hydrogen) atoms. The summed E-state index contributed by atoms with van der Waals surface area (Å²) >= 11 is 0. The predicted octanol–water partition coefficient (Wildman–Crippen LogP) is 8.20. The largest absolute Gasteiger partial charge is 0.489 e. The molecule has 0 atom stereocenters. The van der Waals surface area contributed by atoms with Gasteiger partial charge in [0.05, 0.1) is 11.1 Å². The standard InChI is InChI=1S/C38H30O6/c39-25-29-11-3-7-15-33(29)41-21-23-43-35-19-17-27-9-1-5-13-31(27)37(35)38-32-14-6-2-10-28(32)18-20-36(38)44-24-22-42-34-16-8-4-12-30(34)26-40/h1-20,25-26H,21-24H2. The van der Waals surface area contributed by atoms with Crippen molar-refractivity contribution >= 4 is 34.1 Å². The number of hydrogen-bond donors (Lipinski definition) is 0. The molecule has 0 saturated carbocycles. The Balaban J connectivity index is 1.32. The third-order valence-electron chi connectivity index (χ3n) is 7.32. The number of benzene rings is 6. The Labute approximate surface area is 255 Å². The van der Waals surface area contributed by atoms with Crippen LogP contribution in [-0.2, 0) is 0 Å². The van der Waals surface area contributed by atoms with Crippen molar-refractivity contribution in [2.75, 3.05) is 26.4 Å². The molecule has 6 rings (SSSR count). The highest BCUT2D eigenvalue weighted by molar-refractivity contribution is 6.09. The summed E-state index contributed by atoms with van der Waals surface area (Å²) < 4.78 is 24.5. The van der Waals surface area contributed by atoms with Crippen LogP contribution in [0.2, 0.25) is 0 Å². The Morgan fingerprint density at radius 2 is 0.750 bits per heavy atom. The summed E-state index contributed by atoms with van der Waals surface area (Å²) in [4.78, 5) is 22.8. The second-order valence-corrected chi connectivity index (χ2v) is 10.0. The van der Waals surface area contributed by atoms with E-state index >= 15 is 0 Å². The van der Waals surface area contributed by atoms with Crippen LogP contribution >= 0.6 is 0 Å². The van der Waals surface area contributed by atoms with Crippen LogP contribution in [0.4, 0.5) is 0 Å². The summed E-state index contributed by atoms with van der Waals surface area (Å²) in [7, 11) is 0. The highest BCUT2D eigenvalue weighted by Gasteiger charge is 2.19. The van der Waals surface area contributed by atoms with Crippen molar-refractivity contribution in [1.29, 1.82) is 0 Å². The molecule has 0 bridgehead atoms. The highest BCUT2D eigenvalue weighted by Crippen LogP contribution is 2.45. The van der Waals surface area contributed by atoms with E-state index in [4.69, 9.17) is 18.9 Å². The molecule has 0 heterocycles. The molecule has 0 N–H and O–H groups in total. The van der Waals surface area contributed by atoms with Crippen LogP contribution in [0.15, 0.2) is 121 Å². The fourth-order valence-corrected chi connectivity index (χ4v) is 5.28. The molecule has 0 aliphatic carbocycles. The summed E-state index contributed by atoms with van der Waals surface area (Å²) in [5.41, 5.74) is 2.82. The topological polar surface area (TPSA) is 71.1 Å². The molecule has 0 saturated heterocycles. The summed E-state index contributed by atoms with van der Waals surface area (Å²) in [6.45, 7) is 1.05. The van der Waals surface area contributed by atoms with Gasteiger partial charge in [0.15, 0.2) is 12.6 Å². The van der Waals surface area contributed by atoms with Gasteiger partial charge in [-0.1, -0.05) is 84.9 Å². The number of fused-ring (bicyclic) bond motifs is 2. The van der Waals surface area contributed by atoms with Gasteiger partial charge in [-0.15, -0.1) is 0 Å². The van der Waals surface area contributed by atoms with E-state index in [9.17, 15) is 9.59 Å². The van der Waals surface area contributed by atoms with E-state index in [0.29, 0.717) is 34.1 Å². The Bertz CT molecular complexity index is 1790. The zero-order valence-electron chi connectivity index (χ0n) is 24.0. The Hall–Kier alpha value is -5.62. The Kier molecular flexibility index (Phi) is 8.79. The summed E-state index contributed by atoms with van der Waals surface area (Å²) in [6.07, 6.45) is 1.57. The first-order valence-corrected chi connectivity index (χ1v) is 14.4. The molecule has 0 unspecified atom stereocenters. The van der Waals surface area contributed by atoms with Gasteiger partial charge in [0.25, 0.3) is 0 Å². The number of para-hydroxylation sites is 2. The van der Waals surface area contributed by atoms with E-state index in [1.807, 2.05) is 60.7 Å². The molecule has 6 nitrogen and oxygen atoms in total. The normalized spacial score (nSPS) is 10.8. The van der Waals surface area contributed by atoms with Crippen molar-refractivity contribution in [3.63, 3.8) is 0 Å². The first kappa shape index (κ1) is 28.5. The number of carbonyl (C=O) groups is 2. The SMILES string of the molecule is O=Cc1ccccc1OCCOc1ccc2ccccc2c1-c1c(OCCOc2ccccc2C=O)ccc2ccccc12. The molecule has 6 aromatic carbocycles. The lowest BCUT2D eigenvalue weighted by Gasteiger charge is -2.20. The van der Waals surface area contributed by atoms with E-state index in [1.54, 1.807) is 36.4 Å². The molecule has 6 aromatic rings. The third-order valence-corrected chi connectivity index (χ3v) is 7.32. The molecule has 218 valence electrons. The van der Waals surface area contributed by atoms with Gasteiger partial charge in [0.1, 0.15) is 49.4 Å². The van der Waals surface area contributed by atoms with Crippen LogP contribution in [-0.4, -0.2) is 39.0 Å². The van der Waals surface area contributed by atoms with Crippen LogP contribution in [0.25, 0.3) is 32.7 Å². The highest BCUT2D eigenvalue weighted by atomic mass is 16.5. The molecule has 0 aliphatic heterocycles. The lowest BCUT2D eigenvalue weighted by atomic mass is 9.92. The van der Waals surface area contributed by atoms with Gasteiger partial charge in [-0.25, -0.2) is 0 Å². The molecule has 0 aliphatic rings. The minimum atomic E-state index is 0.260. The van der Waals surface area contributed by atoms with E-state index in [1.165, 1.54) is 0 Å². The fourth-order valence-electron chi connectivity index (χ4n) is 5.28. The molecule has 6 heteroatoms. The molecule has 0 fully saturated rings. The molecule has 0 spiro atoms. The van der Waals surface area contributed by atoms with Crippen molar-refractivity contribution in [2.24, 2.45) is 0 Å². The van der Waals surface area contributed by atoms with Gasteiger partial charge >= 0.3 is 0 Å². The minimum absolute atomic E-state index is 0.260. The maximum absolute atomic E-state index is 11.4. The molecular weight excluding hydrogens is 552 g/mol. The smallest absolute Gasteiger partial charge is 0.153 e. The second-order valence-electron chi connectivity index (χ2n) is 10.0. The second kappa shape index (κ2) is 13.6.